The van der Waals surface area contributed by atoms with Gasteiger partial charge in [0.1, 0.15) is 6.54 Å². The fraction of sp³-hybridized carbons (Fsp3) is 0.500. The van der Waals surface area contributed by atoms with E-state index in [-0.39, 0.29) is 29.5 Å². The van der Waals surface area contributed by atoms with Gasteiger partial charge in [-0.15, -0.1) is 0 Å². The Hall–Kier alpha value is -1.97. The first kappa shape index (κ1) is 21.1. The van der Waals surface area contributed by atoms with Gasteiger partial charge in [0.2, 0.25) is 10.0 Å². The molecule has 0 aliphatic rings. The zero-order chi connectivity index (χ0) is 19.0. The second-order valence-electron chi connectivity index (χ2n) is 5.88. The molecule has 1 amide bonds. The maximum absolute atomic E-state index is 12.4. The minimum absolute atomic E-state index is 0.0476. The zero-order valence-corrected chi connectivity index (χ0v) is 15.4. The molecule has 0 atom stereocenters. The molecule has 0 bridgehead atoms. The summed E-state index contributed by atoms with van der Waals surface area (Å²) in [4.78, 5) is 24.5. The lowest BCUT2D eigenvalue weighted by Crippen LogP contribution is -2.38. The number of benzene rings is 1. The molecule has 1 aromatic carbocycles. The summed E-state index contributed by atoms with van der Waals surface area (Å²) in [5.41, 5.74) is 0.208. The van der Waals surface area contributed by atoms with Crippen LogP contribution in [-0.2, 0) is 19.6 Å². The standard InChI is InChI=1S/C16H24N2O6S/c1-12(2)10-17-25(22,23)14-6-4-13(5-7-14)16(21)18(8-9-24-3)11-15(19)20/h4-7,12,17H,8-11H2,1-3H3,(H,19,20). The van der Waals surface area contributed by atoms with Crippen LogP contribution in [0.15, 0.2) is 29.2 Å². The van der Waals surface area contributed by atoms with E-state index in [0.29, 0.717) is 6.54 Å². The van der Waals surface area contributed by atoms with Gasteiger partial charge in [0.15, 0.2) is 0 Å². The Kier molecular flexibility index (Phi) is 8.01. The second-order valence-corrected chi connectivity index (χ2v) is 7.65. The minimum atomic E-state index is -3.64. The minimum Gasteiger partial charge on any atom is -0.480 e. The number of carbonyl (C=O) groups excluding carboxylic acids is 1. The highest BCUT2D eigenvalue weighted by atomic mass is 32.2. The van der Waals surface area contributed by atoms with E-state index in [1.165, 1.54) is 31.4 Å². The predicted molar refractivity (Wildman–Crippen MR) is 91.9 cm³/mol. The van der Waals surface area contributed by atoms with Crippen molar-refractivity contribution < 1.29 is 27.9 Å². The van der Waals surface area contributed by atoms with E-state index in [9.17, 15) is 18.0 Å². The van der Waals surface area contributed by atoms with Gasteiger partial charge in [-0.25, -0.2) is 13.1 Å². The summed E-state index contributed by atoms with van der Waals surface area (Å²) in [6.45, 7) is 3.95. The molecular weight excluding hydrogens is 348 g/mol. The van der Waals surface area contributed by atoms with Crippen LogP contribution in [0, 0.1) is 5.92 Å². The summed E-state index contributed by atoms with van der Waals surface area (Å²) >= 11 is 0. The number of nitrogens with one attached hydrogen (secondary N) is 1. The molecule has 2 N–H and O–H groups in total. The van der Waals surface area contributed by atoms with E-state index < -0.39 is 28.4 Å². The molecule has 25 heavy (non-hydrogen) atoms. The van der Waals surface area contributed by atoms with Gasteiger partial charge >= 0.3 is 5.97 Å². The maximum atomic E-state index is 12.4. The van der Waals surface area contributed by atoms with Crippen LogP contribution in [0.5, 0.6) is 0 Å². The van der Waals surface area contributed by atoms with Crippen LogP contribution in [-0.4, -0.2) is 63.7 Å². The van der Waals surface area contributed by atoms with Gasteiger partial charge in [0.25, 0.3) is 5.91 Å². The van der Waals surface area contributed by atoms with Crippen LogP contribution < -0.4 is 4.72 Å². The van der Waals surface area contributed by atoms with E-state index in [2.05, 4.69) is 4.72 Å². The van der Waals surface area contributed by atoms with Gasteiger partial charge in [0.05, 0.1) is 11.5 Å². The van der Waals surface area contributed by atoms with Crippen molar-refractivity contribution in [3.05, 3.63) is 29.8 Å². The molecule has 0 unspecified atom stereocenters. The molecule has 0 fully saturated rings. The van der Waals surface area contributed by atoms with Crippen LogP contribution in [0.1, 0.15) is 24.2 Å². The number of carbonyl (C=O) groups is 2. The van der Waals surface area contributed by atoms with Gasteiger partial charge < -0.3 is 14.7 Å². The number of carboxylic acid groups (broad SMARTS) is 1. The van der Waals surface area contributed by atoms with E-state index in [4.69, 9.17) is 9.84 Å². The lowest BCUT2D eigenvalue weighted by Gasteiger charge is -2.20. The highest BCUT2D eigenvalue weighted by Crippen LogP contribution is 2.13. The largest absolute Gasteiger partial charge is 0.480 e. The molecule has 9 heteroatoms. The van der Waals surface area contributed by atoms with Crippen LogP contribution in [0.2, 0.25) is 0 Å². The maximum Gasteiger partial charge on any atom is 0.323 e. The molecule has 140 valence electrons. The number of nitrogens with zero attached hydrogens (tertiary/aromatic N) is 1. The Morgan fingerprint density at radius 2 is 1.84 bits per heavy atom. The molecule has 1 rings (SSSR count). The van der Waals surface area contributed by atoms with E-state index in [1.54, 1.807) is 0 Å². The third kappa shape index (κ3) is 6.81. The van der Waals surface area contributed by atoms with Crippen molar-refractivity contribution in [3.8, 4) is 0 Å². The third-order valence-corrected chi connectivity index (χ3v) is 4.71. The molecular formula is C16H24N2O6S. The van der Waals surface area contributed by atoms with Gasteiger partial charge in [-0.3, -0.25) is 9.59 Å². The Bertz CT molecular complexity index is 685. The summed E-state index contributed by atoms with van der Waals surface area (Å²) in [5.74, 6) is -1.47. The molecule has 0 heterocycles. The Morgan fingerprint density at radius 3 is 2.32 bits per heavy atom. The molecule has 0 aliphatic heterocycles. The van der Waals surface area contributed by atoms with Crippen molar-refractivity contribution in [2.75, 3.05) is 33.4 Å². The van der Waals surface area contributed by atoms with Crippen LogP contribution in [0.3, 0.4) is 0 Å². The highest BCUT2D eigenvalue weighted by Gasteiger charge is 2.20. The van der Waals surface area contributed by atoms with E-state index in [1.807, 2.05) is 13.8 Å². The number of aliphatic carboxylic acids is 1. The Labute approximate surface area is 147 Å². The number of rotatable bonds is 10. The van der Waals surface area contributed by atoms with E-state index >= 15 is 0 Å². The van der Waals surface area contributed by atoms with Gasteiger partial charge in [-0.2, -0.15) is 0 Å². The SMILES string of the molecule is COCCN(CC(=O)O)C(=O)c1ccc(S(=O)(=O)NCC(C)C)cc1. The molecule has 1 aromatic rings. The number of hydrogen-bond acceptors (Lipinski definition) is 5. The average molecular weight is 372 g/mol. The van der Waals surface area contributed by atoms with Crippen molar-refractivity contribution in [1.29, 1.82) is 0 Å². The smallest absolute Gasteiger partial charge is 0.323 e. The molecule has 0 saturated heterocycles. The summed E-state index contributed by atoms with van der Waals surface area (Å²) < 4.78 is 31.6. The Balaban J connectivity index is 2.92. The third-order valence-electron chi connectivity index (χ3n) is 3.27. The second kappa shape index (κ2) is 9.50. The topological polar surface area (TPSA) is 113 Å². The van der Waals surface area contributed by atoms with Crippen LogP contribution in [0.4, 0.5) is 0 Å². The van der Waals surface area contributed by atoms with Gasteiger partial charge in [-0.1, -0.05) is 13.8 Å². The predicted octanol–water partition coefficient (Wildman–Crippen LogP) is 0.794. The first-order valence-corrected chi connectivity index (χ1v) is 9.25. The molecule has 0 spiro atoms. The monoisotopic (exact) mass is 372 g/mol. The summed E-state index contributed by atoms with van der Waals surface area (Å²) in [6, 6.07) is 5.39. The number of carboxylic acids is 1. The summed E-state index contributed by atoms with van der Waals surface area (Å²) in [5, 5.41) is 8.91. The number of ether oxygens (including phenoxy) is 1. The normalized spacial score (nSPS) is 11.5. The quantitative estimate of drug-likeness (QED) is 0.628. The van der Waals surface area contributed by atoms with Crippen LogP contribution >= 0.6 is 0 Å². The van der Waals surface area contributed by atoms with Gasteiger partial charge in [0, 0.05) is 25.8 Å². The average Bonchev–Trinajstić information content (AvgIpc) is 2.56. The fourth-order valence-electron chi connectivity index (χ4n) is 1.94. The first-order valence-electron chi connectivity index (χ1n) is 7.77. The molecule has 0 aliphatic carbocycles. The fourth-order valence-corrected chi connectivity index (χ4v) is 3.15. The lowest BCUT2D eigenvalue weighted by atomic mass is 10.2. The van der Waals surface area contributed by atoms with Gasteiger partial charge in [-0.05, 0) is 30.2 Å². The van der Waals surface area contributed by atoms with Crippen LogP contribution in [0.25, 0.3) is 0 Å². The van der Waals surface area contributed by atoms with Crippen molar-refractivity contribution >= 4 is 21.9 Å². The first-order chi connectivity index (χ1) is 11.7. The van der Waals surface area contributed by atoms with Crippen molar-refractivity contribution in [2.24, 2.45) is 5.92 Å². The number of hydrogen-bond donors (Lipinski definition) is 2. The number of sulfonamides is 1. The molecule has 0 aromatic heterocycles. The number of amides is 1. The van der Waals surface area contributed by atoms with Crippen molar-refractivity contribution in [1.82, 2.24) is 9.62 Å². The zero-order valence-electron chi connectivity index (χ0n) is 14.6. The molecule has 0 saturated carbocycles. The molecule has 0 radical (unpaired) electrons. The number of methoxy groups -OCH3 is 1. The lowest BCUT2D eigenvalue weighted by molar-refractivity contribution is -0.137. The Morgan fingerprint density at radius 1 is 1.24 bits per heavy atom. The van der Waals surface area contributed by atoms with E-state index in [0.717, 1.165) is 4.90 Å². The summed E-state index contributed by atoms with van der Waals surface area (Å²) in [7, 11) is -2.19. The van der Waals surface area contributed by atoms with Crippen molar-refractivity contribution in [3.63, 3.8) is 0 Å². The molecule has 8 nitrogen and oxygen atoms in total. The van der Waals surface area contributed by atoms with Crippen molar-refractivity contribution in [2.45, 2.75) is 18.7 Å². The summed E-state index contributed by atoms with van der Waals surface area (Å²) in [6.07, 6.45) is 0. The highest BCUT2D eigenvalue weighted by molar-refractivity contribution is 7.89.